The van der Waals surface area contributed by atoms with Gasteiger partial charge in [-0.1, -0.05) is 39.0 Å². The van der Waals surface area contributed by atoms with E-state index in [-0.39, 0.29) is 5.78 Å². The van der Waals surface area contributed by atoms with E-state index in [0.717, 1.165) is 19.3 Å². The minimum Gasteiger partial charge on any atom is -0.386 e. The first-order valence-electron chi connectivity index (χ1n) is 6.24. The van der Waals surface area contributed by atoms with E-state index in [1.54, 1.807) is 0 Å². The molecule has 1 rings (SSSR count). The predicted molar refractivity (Wildman–Crippen MR) is 63.1 cm³/mol. The van der Waals surface area contributed by atoms with Crippen molar-refractivity contribution in [1.82, 2.24) is 0 Å². The summed E-state index contributed by atoms with van der Waals surface area (Å²) in [5.74, 6) is -0.353. The Bertz CT molecular complexity index is 260. The summed E-state index contributed by atoms with van der Waals surface area (Å²) < 4.78 is 0. The molecule has 0 aromatic rings. The van der Waals surface area contributed by atoms with Crippen molar-refractivity contribution >= 4 is 5.78 Å². The number of carbonyl (C=O) groups excluding carboxylic acids is 1. The average Bonchev–Trinajstić information content (AvgIpc) is 2.52. The van der Waals surface area contributed by atoms with Crippen LogP contribution in [0.3, 0.4) is 0 Å². The Morgan fingerprint density at radius 3 is 2.44 bits per heavy atom. The van der Waals surface area contributed by atoms with Gasteiger partial charge < -0.3 is 10.2 Å². The molecule has 2 atom stereocenters. The lowest BCUT2D eigenvalue weighted by atomic mass is 9.90. The van der Waals surface area contributed by atoms with Gasteiger partial charge in [-0.3, -0.25) is 4.79 Å². The molecule has 0 aromatic heterocycles. The Labute approximate surface area is 97.2 Å². The second-order valence-electron chi connectivity index (χ2n) is 4.61. The van der Waals surface area contributed by atoms with Crippen molar-refractivity contribution in [2.45, 2.75) is 63.6 Å². The molecule has 0 saturated heterocycles. The minimum atomic E-state index is -1.54. The standard InChI is InChI=1S/C13H22O3/c1-2-3-4-5-6-7-10-13(16)11(14)8-9-12(13)15/h8-9,11,14,16H,2-7,10H2,1H3/t11-,13+/m0/s1. The third kappa shape index (κ3) is 3.16. The molecule has 0 fully saturated rings. The quantitative estimate of drug-likeness (QED) is 0.652. The van der Waals surface area contributed by atoms with E-state index in [0.29, 0.717) is 6.42 Å². The molecule has 0 aliphatic heterocycles. The van der Waals surface area contributed by atoms with E-state index < -0.39 is 11.7 Å². The number of rotatable bonds is 7. The van der Waals surface area contributed by atoms with E-state index in [9.17, 15) is 15.0 Å². The van der Waals surface area contributed by atoms with Crippen LogP contribution in [0.5, 0.6) is 0 Å². The molecular formula is C13H22O3. The molecule has 16 heavy (non-hydrogen) atoms. The van der Waals surface area contributed by atoms with Crippen molar-refractivity contribution in [2.24, 2.45) is 0 Å². The third-order valence-corrected chi connectivity index (χ3v) is 3.26. The van der Waals surface area contributed by atoms with Gasteiger partial charge in [0, 0.05) is 0 Å². The largest absolute Gasteiger partial charge is 0.386 e. The number of ketones is 1. The first-order chi connectivity index (χ1) is 7.61. The van der Waals surface area contributed by atoms with Crippen molar-refractivity contribution in [2.75, 3.05) is 0 Å². The Balaban J connectivity index is 2.19. The predicted octanol–water partition coefficient (Wildman–Crippen LogP) is 1.97. The van der Waals surface area contributed by atoms with Crippen LogP contribution >= 0.6 is 0 Å². The van der Waals surface area contributed by atoms with Crippen molar-refractivity contribution in [1.29, 1.82) is 0 Å². The fraction of sp³-hybridized carbons (Fsp3) is 0.769. The van der Waals surface area contributed by atoms with Gasteiger partial charge in [0.1, 0.15) is 6.10 Å². The highest BCUT2D eigenvalue weighted by Gasteiger charge is 2.43. The van der Waals surface area contributed by atoms with Gasteiger partial charge in [0.05, 0.1) is 0 Å². The Hall–Kier alpha value is -0.670. The summed E-state index contributed by atoms with van der Waals surface area (Å²) in [4.78, 5) is 11.4. The van der Waals surface area contributed by atoms with E-state index in [1.165, 1.54) is 31.4 Å². The summed E-state index contributed by atoms with van der Waals surface area (Å²) in [6.45, 7) is 2.17. The zero-order valence-electron chi connectivity index (χ0n) is 9.98. The number of carbonyl (C=O) groups is 1. The molecule has 0 aromatic carbocycles. The first kappa shape index (κ1) is 13.4. The van der Waals surface area contributed by atoms with Crippen molar-refractivity contribution in [3.63, 3.8) is 0 Å². The van der Waals surface area contributed by atoms with Crippen molar-refractivity contribution in [3.8, 4) is 0 Å². The van der Waals surface area contributed by atoms with Crippen LogP contribution in [0.15, 0.2) is 12.2 Å². The van der Waals surface area contributed by atoms with E-state index in [2.05, 4.69) is 6.92 Å². The highest BCUT2D eigenvalue weighted by atomic mass is 16.3. The van der Waals surface area contributed by atoms with Gasteiger partial charge in [-0.05, 0) is 25.0 Å². The molecule has 92 valence electrons. The summed E-state index contributed by atoms with van der Waals surface area (Å²) in [7, 11) is 0. The average molecular weight is 226 g/mol. The normalized spacial score (nSPS) is 28.9. The highest BCUT2D eigenvalue weighted by Crippen LogP contribution is 2.27. The van der Waals surface area contributed by atoms with Gasteiger partial charge >= 0.3 is 0 Å². The van der Waals surface area contributed by atoms with Crippen LogP contribution in [-0.2, 0) is 4.79 Å². The molecule has 0 unspecified atom stereocenters. The second-order valence-corrected chi connectivity index (χ2v) is 4.61. The Morgan fingerprint density at radius 2 is 1.88 bits per heavy atom. The lowest BCUT2D eigenvalue weighted by Gasteiger charge is -2.24. The highest BCUT2D eigenvalue weighted by molar-refractivity contribution is 6.00. The molecule has 0 bridgehead atoms. The van der Waals surface area contributed by atoms with Crippen LogP contribution in [0.4, 0.5) is 0 Å². The summed E-state index contributed by atoms with van der Waals surface area (Å²) in [5.41, 5.74) is -1.54. The molecular weight excluding hydrogens is 204 g/mol. The Morgan fingerprint density at radius 1 is 1.25 bits per heavy atom. The zero-order chi connectivity index (χ0) is 12.0. The molecule has 0 saturated carbocycles. The number of hydrogen-bond acceptors (Lipinski definition) is 3. The summed E-state index contributed by atoms with van der Waals surface area (Å²) in [6, 6.07) is 0. The molecule has 2 N–H and O–H groups in total. The second kappa shape index (κ2) is 6.16. The van der Waals surface area contributed by atoms with Crippen LogP contribution in [0.2, 0.25) is 0 Å². The lowest BCUT2D eigenvalue weighted by Crippen LogP contribution is -2.44. The van der Waals surface area contributed by atoms with Crippen LogP contribution in [-0.4, -0.2) is 27.7 Å². The molecule has 1 aliphatic carbocycles. The smallest absolute Gasteiger partial charge is 0.189 e. The molecule has 3 nitrogen and oxygen atoms in total. The van der Waals surface area contributed by atoms with Crippen molar-refractivity contribution < 1.29 is 15.0 Å². The van der Waals surface area contributed by atoms with Crippen molar-refractivity contribution in [3.05, 3.63) is 12.2 Å². The number of aliphatic hydroxyl groups excluding tert-OH is 1. The third-order valence-electron chi connectivity index (χ3n) is 3.26. The SMILES string of the molecule is CCCCCCCC[C@]1(O)C(=O)C=C[C@@H]1O. The molecule has 3 heteroatoms. The Kier molecular flexibility index (Phi) is 5.16. The fourth-order valence-electron chi connectivity index (χ4n) is 2.07. The van der Waals surface area contributed by atoms with Gasteiger partial charge in [-0.15, -0.1) is 0 Å². The number of unbranched alkanes of at least 4 members (excludes halogenated alkanes) is 5. The molecule has 0 spiro atoms. The van der Waals surface area contributed by atoms with E-state index in [4.69, 9.17) is 0 Å². The molecule has 0 amide bonds. The molecule has 0 heterocycles. The van der Waals surface area contributed by atoms with Crippen LogP contribution in [0, 0.1) is 0 Å². The molecule has 1 aliphatic rings. The van der Waals surface area contributed by atoms with Crippen LogP contribution in [0.25, 0.3) is 0 Å². The maximum Gasteiger partial charge on any atom is 0.189 e. The minimum absolute atomic E-state index is 0.353. The topological polar surface area (TPSA) is 57.5 Å². The monoisotopic (exact) mass is 226 g/mol. The zero-order valence-corrected chi connectivity index (χ0v) is 9.98. The van der Waals surface area contributed by atoms with E-state index >= 15 is 0 Å². The number of hydrogen-bond donors (Lipinski definition) is 2. The van der Waals surface area contributed by atoms with Crippen LogP contribution < -0.4 is 0 Å². The summed E-state index contributed by atoms with van der Waals surface area (Å²) >= 11 is 0. The van der Waals surface area contributed by atoms with Crippen LogP contribution in [0.1, 0.15) is 51.9 Å². The van der Waals surface area contributed by atoms with Gasteiger partial charge in [0.2, 0.25) is 0 Å². The fourth-order valence-corrected chi connectivity index (χ4v) is 2.07. The van der Waals surface area contributed by atoms with Gasteiger partial charge in [0.15, 0.2) is 11.4 Å². The first-order valence-corrected chi connectivity index (χ1v) is 6.24. The maximum atomic E-state index is 11.4. The van der Waals surface area contributed by atoms with Gasteiger partial charge in [0.25, 0.3) is 0 Å². The van der Waals surface area contributed by atoms with Gasteiger partial charge in [-0.2, -0.15) is 0 Å². The lowest BCUT2D eigenvalue weighted by molar-refractivity contribution is -0.139. The molecule has 0 radical (unpaired) electrons. The summed E-state index contributed by atoms with van der Waals surface area (Å²) in [5, 5.41) is 19.5. The maximum absolute atomic E-state index is 11.4. The summed E-state index contributed by atoms with van der Waals surface area (Å²) in [6.07, 6.45) is 8.62. The van der Waals surface area contributed by atoms with E-state index in [1.807, 2.05) is 0 Å². The number of aliphatic hydroxyl groups is 2. The van der Waals surface area contributed by atoms with Gasteiger partial charge in [-0.25, -0.2) is 0 Å².